The van der Waals surface area contributed by atoms with Crippen LogP contribution in [0.4, 0.5) is 5.69 Å². The number of amides is 1. The molecule has 1 aliphatic carbocycles. The van der Waals surface area contributed by atoms with E-state index < -0.39 is 0 Å². The van der Waals surface area contributed by atoms with E-state index in [2.05, 4.69) is 10.3 Å². The predicted octanol–water partition coefficient (Wildman–Crippen LogP) is 2.63. The number of aryl methyl sites for hydroxylation is 1. The van der Waals surface area contributed by atoms with Gasteiger partial charge < -0.3 is 11.1 Å². The molecule has 3 N–H and O–H groups in total. The summed E-state index contributed by atoms with van der Waals surface area (Å²) in [6.45, 7) is 2.35. The molecule has 1 aromatic rings. The van der Waals surface area contributed by atoms with Crippen molar-refractivity contribution in [3.05, 3.63) is 24.0 Å². The SMILES string of the molecule is Cc1cc(NC(=O)C2(CN)CCCCCC2)ccn1. The average Bonchev–Trinajstić information content (AvgIpc) is 2.65. The van der Waals surface area contributed by atoms with Gasteiger partial charge in [-0.05, 0) is 31.9 Å². The minimum Gasteiger partial charge on any atom is -0.329 e. The topological polar surface area (TPSA) is 68.0 Å². The maximum atomic E-state index is 12.6. The van der Waals surface area contributed by atoms with Gasteiger partial charge in [-0.25, -0.2) is 0 Å². The molecule has 4 heteroatoms. The van der Waals surface area contributed by atoms with Gasteiger partial charge in [0.2, 0.25) is 5.91 Å². The van der Waals surface area contributed by atoms with Crippen molar-refractivity contribution in [1.29, 1.82) is 0 Å². The van der Waals surface area contributed by atoms with Gasteiger partial charge in [-0.15, -0.1) is 0 Å². The number of hydrogen-bond donors (Lipinski definition) is 2. The highest BCUT2D eigenvalue weighted by Gasteiger charge is 2.37. The molecule has 2 rings (SSSR count). The third kappa shape index (κ3) is 3.32. The van der Waals surface area contributed by atoms with E-state index in [9.17, 15) is 4.79 Å². The molecule has 19 heavy (non-hydrogen) atoms. The van der Waals surface area contributed by atoms with Crippen molar-refractivity contribution in [2.45, 2.75) is 45.4 Å². The van der Waals surface area contributed by atoms with Gasteiger partial charge in [-0.1, -0.05) is 25.7 Å². The maximum absolute atomic E-state index is 12.6. The lowest BCUT2D eigenvalue weighted by Crippen LogP contribution is -2.42. The quantitative estimate of drug-likeness (QED) is 0.822. The number of carbonyl (C=O) groups is 1. The molecule has 1 fully saturated rings. The molecule has 4 nitrogen and oxygen atoms in total. The van der Waals surface area contributed by atoms with E-state index in [0.717, 1.165) is 37.1 Å². The molecule has 0 aromatic carbocycles. The standard InChI is InChI=1S/C15H23N3O/c1-12-10-13(6-9-17-12)18-14(19)15(11-16)7-4-2-3-5-8-15/h6,9-10H,2-5,7-8,11,16H2,1H3,(H,17,18,19). The number of pyridine rings is 1. The normalized spacial score (nSPS) is 18.6. The van der Waals surface area contributed by atoms with Crippen molar-refractivity contribution in [2.75, 3.05) is 11.9 Å². The number of anilines is 1. The van der Waals surface area contributed by atoms with Gasteiger partial charge in [0.05, 0.1) is 5.41 Å². The van der Waals surface area contributed by atoms with E-state index in [0.29, 0.717) is 6.54 Å². The van der Waals surface area contributed by atoms with Gasteiger partial charge in [0.15, 0.2) is 0 Å². The Labute approximate surface area is 114 Å². The zero-order valence-electron chi connectivity index (χ0n) is 11.6. The third-order valence-corrected chi connectivity index (χ3v) is 4.09. The highest BCUT2D eigenvalue weighted by Crippen LogP contribution is 2.35. The van der Waals surface area contributed by atoms with E-state index in [4.69, 9.17) is 5.73 Å². The van der Waals surface area contributed by atoms with Crippen LogP contribution < -0.4 is 11.1 Å². The van der Waals surface area contributed by atoms with Crippen LogP contribution in [0.3, 0.4) is 0 Å². The zero-order valence-corrected chi connectivity index (χ0v) is 11.6. The van der Waals surface area contributed by atoms with Crippen LogP contribution in [0.1, 0.15) is 44.2 Å². The van der Waals surface area contributed by atoms with Gasteiger partial charge >= 0.3 is 0 Å². The Kier molecular flexibility index (Phi) is 4.53. The fourth-order valence-electron chi connectivity index (χ4n) is 2.82. The van der Waals surface area contributed by atoms with Crippen molar-refractivity contribution >= 4 is 11.6 Å². The number of nitrogens with zero attached hydrogens (tertiary/aromatic N) is 1. The van der Waals surface area contributed by atoms with Crippen LogP contribution >= 0.6 is 0 Å². The van der Waals surface area contributed by atoms with Crippen molar-refractivity contribution in [2.24, 2.45) is 11.1 Å². The first-order valence-electron chi connectivity index (χ1n) is 7.10. The lowest BCUT2D eigenvalue weighted by molar-refractivity contribution is -0.125. The molecule has 0 saturated heterocycles. The lowest BCUT2D eigenvalue weighted by atomic mass is 9.79. The van der Waals surface area contributed by atoms with Crippen LogP contribution in [0.25, 0.3) is 0 Å². The van der Waals surface area contributed by atoms with E-state index in [1.54, 1.807) is 6.20 Å². The summed E-state index contributed by atoms with van der Waals surface area (Å²) in [6, 6.07) is 3.71. The Hall–Kier alpha value is -1.42. The molecule has 0 bridgehead atoms. The average molecular weight is 261 g/mol. The molecule has 0 atom stereocenters. The van der Waals surface area contributed by atoms with Gasteiger partial charge in [-0.2, -0.15) is 0 Å². The summed E-state index contributed by atoms with van der Waals surface area (Å²) in [5, 5.41) is 3.01. The lowest BCUT2D eigenvalue weighted by Gasteiger charge is -2.29. The van der Waals surface area contributed by atoms with Crippen molar-refractivity contribution in [3.63, 3.8) is 0 Å². The first-order chi connectivity index (χ1) is 9.16. The largest absolute Gasteiger partial charge is 0.329 e. The molecule has 1 saturated carbocycles. The number of nitrogens with one attached hydrogen (secondary N) is 1. The van der Waals surface area contributed by atoms with Crippen LogP contribution in [0.15, 0.2) is 18.3 Å². The Balaban J connectivity index is 2.12. The number of carbonyl (C=O) groups excluding carboxylic acids is 1. The molecule has 104 valence electrons. The maximum Gasteiger partial charge on any atom is 0.231 e. The second kappa shape index (κ2) is 6.15. The second-order valence-electron chi connectivity index (χ2n) is 5.54. The monoisotopic (exact) mass is 261 g/mol. The van der Waals surface area contributed by atoms with E-state index in [-0.39, 0.29) is 11.3 Å². The van der Waals surface area contributed by atoms with Crippen LogP contribution in [-0.2, 0) is 4.79 Å². The number of hydrogen-bond acceptors (Lipinski definition) is 3. The van der Waals surface area contributed by atoms with Gasteiger partial charge in [0, 0.05) is 24.1 Å². The smallest absolute Gasteiger partial charge is 0.231 e. The Bertz CT molecular complexity index is 437. The predicted molar refractivity (Wildman–Crippen MR) is 76.8 cm³/mol. The summed E-state index contributed by atoms with van der Waals surface area (Å²) in [5.74, 6) is 0.0718. The van der Waals surface area contributed by atoms with Crippen LogP contribution in [-0.4, -0.2) is 17.4 Å². The molecular weight excluding hydrogens is 238 g/mol. The summed E-state index contributed by atoms with van der Waals surface area (Å²) in [4.78, 5) is 16.7. The Morgan fingerprint density at radius 1 is 1.37 bits per heavy atom. The van der Waals surface area contributed by atoms with Crippen molar-refractivity contribution < 1.29 is 4.79 Å². The number of rotatable bonds is 3. The van der Waals surface area contributed by atoms with Gasteiger partial charge in [0.1, 0.15) is 0 Å². The Morgan fingerprint density at radius 3 is 2.63 bits per heavy atom. The number of aromatic nitrogens is 1. The molecule has 1 amide bonds. The molecule has 0 radical (unpaired) electrons. The minimum absolute atomic E-state index is 0.0718. The second-order valence-corrected chi connectivity index (χ2v) is 5.54. The summed E-state index contributed by atoms with van der Waals surface area (Å²) in [6.07, 6.45) is 8.14. The Morgan fingerprint density at radius 2 is 2.05 bits per heavy atom. The highest BCUT2D eigenvalue weighted by atomic mass is 16.2. The summed E-state index contributed by atoms with van der Waals surface area (Å²) < 4.78 is 0. The summed E-state index contributed by atoms with van der Waals surface area (Å²) in [7, 11) is 0. The first-order valence-corrected chi connectivity index (χ1v) is 7.10. The number of nitrogens with two attached hydrogens (primary N) is 1. The van der Waals surface area contributed by atoms with E-state index >= 15 is 0 Å². The summed E-state index contributed by atoms with van der Waals surface area (Å²) in [5.41, 5.74) is 7.26. The zero-order chi connectivity index (χ0) is 13.7. The third-order valence-electron chi connectivity index (χ3n) is 4.09. The van der Waals surface area contributed by atoms with Crippen molar-refractivity contribution in [3.8, 4) is 0 Å². The van der Waals surface area contributed by atoms with Crippen LogP contribution in [0.2, 0.25) is 0 Å². The van der Waals surface area contributed by atoms with Gasteiger partial charge in [0.25, 0.3) is 0 Å². The fraction of sp³-hybridized carbons (Fsp3) is 0.600. The molecular formula is C15H23N3O. The molecule has 1 aromatic heterocycles. The molecule has 0 aliphatic heterocycles. The van der Waals surface area contributed by atoms with E-state index in [1.165, 1.54) is 12.8 Å². The summed E-state index contributed by atoms with van der Waals surface area (Å²) >= 11 is 0. The van der Waals surface area contributed by atoms with E-state index in [1.807, 2.05) is 19.1 Å². The molecule has 1 aliphatic rings. The van der Waals surface area contributed by atoms with Crippen LogP contribution in [0, 0.1) is 12.3 Å². The first kappa shape index (κ1) is 14.0. The fourth-order valence-corrected chi connectivity index (χ4v) is 2.82. The van der Waals surface area contributed by atoms with Gasteiger partial charge in [-0.3, -0.25) is 9.78 Å². The molecule has 1 heterocycles. The highest BCUT2D eigenvalue weighted by molar-refractivity contribution is 5.95. The van der Waals surface area contributed by atoms with Crippen molar-refractivity contribution in [1.82, 2.24) is 4.98 Å². The minimum atomic E-state index is -0.381. The molecule has 0 spiro atoms. The van der Waals surface area contributed by atoms with Crippen LogP contribution in [0.5, 0.6) is 0 Å². The molecule has 0 unspecified atom stereocenters.